The van der Waals surface area contributed by atoms with Gasteiger partial charge in [-0.05, 0) is 24.6 Å². The van der Waals surface area contributed by atoms with E-state index in [1.807, 2.05) is 25.1 Å². The second-order valence-electron chi connectivity index (χ2n) is 4.87. The number of aromatic nitrogens is 2. The van der Waals surface area contributed by atoms with E-state index in [0.717, 1.165) is 27.5 Å². The van der Waals surface area contributed by atoms with Crippen molar-refractivity contribution in [2.75, 3.05) is 6.61 Å². The number of nitrogens with zero attached hydrogens (tertiary/aromatic N) is 2. The third-order valence-electron chi connectivity index (χ3n) is 3.27. The van der Waals surface area contributed by atoms with Crippen molar-refractivity contribution in [3.8, 4) is 5.75 Å². The molecule has 0 unspecified atom stereocenters. The standard InChI is InChI=1S/C16H15N3O3S/c1-2-22-13-7-8-14-15(9-13)18-16(17-14)23-10-11-3-5-12(6-4-11)19(20)21/h3-9H,2,10H2,1H3,(H,17,18). The highest BCUT2D eigenvalue weighted by Gasteiger charge is 2.07. The van der Waals surface area contributed by atoms with Crippen LogP contribution in [0, 0.1) is 10.1 Å². The van der Waals surface area contributed by atoms with Gasteiger partial charge in [0.25, 0.3) is 5.69 Å². The van der Waals surface area contributed by atoms with Crippen LogP contribution in [0.1, 0.15) is 12.5 Å². The Kier molecular flexibility index (Phi) is 4.47. The molecule has 0 aliphatic heterocycles. The van der Waals surface area contributed by atoms with E-state index >= 15 is 0 Å². The minimum atomic E-state index is -0.397. The number of aromatic amines is 1. The van der Waals surface area contributed by atoms with Gasteiger partial charge < -0.3 is 9.72 Å². The number of rotatable bonds is 6. The zero-order valence-electron chi connectivity index (χ0n) is 12.5. The van der Waals surface area contributed by atoms with Gasteiger partial charge >= 0.3 is 0 Å². The summed E-state index contributed by atoms with van der Waals surface area (Å²) in [5.41, 5.74) is 2.93. The molecule has 23 heavy (non-hydrogen) atoms. The van der Waals surface area contributed by atoms with Crippen molar-refractivity contribution in [2.45, 2.75) is 17.8 Å². The van der Waals surface area contributed by atoms with Gasteiger partial charge in [-0.25, -0.2) is 4.98 Å². The molecule has 2 aromatic carbocycles. The molecule has 0 saturated heterocycles. The number of imidazole rings is 1. The minimum absolute atomic E-state index is 0.103. The van der Waals surface area contributed by atoms with Crippen LogP contribution >= 0.6 is 11.8 Å². The Labute approximate surface area is 137 Å². The molecule has 1 N–H and O–H groups in total. The molecule has 0 radical (unpaired) electrons. The molecule has 0 aliphatic carbocycles. The van der Waals surface area contributed by atoms with Crippen LogP contribution in [0.3, 0.4) is 0 Å². The van der Waals surface area contributed by atoms with Crippen molar-refractivity contribution in [1.29, 1.82) is 0 Å². The Morgan fingerprint density at radius 2 is 2.04 bits per heavy atom. The highest BCUT2D eigenvalue weighted by molar-refractivity contribution is 7.98. The third-order valence-corrected chi connectivity index (χ3v) is 4.21. The maximum atomic E-state index is 10.6. The van der Waals surface area contributed by atoms with Crippen LogP contribution < -0.4 is 4.74 Å². The van der Waals surface area contributed by atoms with Gasteiger partial charge in [-0.2, -0.15) is 0 Å². The number of hydrogen-bond donors (Lipinski definition) is 1. The van der Waals surface area contributed by atoms with Crippen LogP contribution in [0.2, 0.25) is 0 Å². The average molecular weight is 329 g/mol. The van der Waals surface area contributed by atoms with Gasteiger partial charge in [0, 0.05) is 24.0 Å². The summed E-state index contributed by atoms with van der Waals surface area (Å²) in [4.78, 5) is 18.0. The maximum absolute atomic E-state index is 10.6. The predicted molar refractivity (Wildman–Crippen MR) is 89.9 cm³/mol. The largest absolute Gasteiger partial charge is 0.494 e. The molecular formula is C16H15N3O3S. The SMILES string of the molecule is CCOc1ccc2nc(SCc3ccc([N+](=O)[O-])cc3)[nH]c2c1. The molecule has 0 bridgehead atoms. The molecule has 0 spiro atoms. The number of benzene rings is 2. The fourth-order valence-electron chi connectivity index (χ4n) is 2.16. The van der Waals surface area contributed by atoms with Gasteiger partial charge in [-0.3, -0.25) is 10.1 Å². The van der Waals surface area contributed by atoms with E-state index in [-0.39, 0.29) is 5.69 Å². The monoisotopic (exact) mass is 329 g/mol. The number of non-ortho nitro benzene ring substituents is 1. The molecule has 3 rings (SSSR count). The van der Waals surface area contributed by atoms with Gasteiger partial charge in [0.05, 0.1) is 22.6 Å². The highest BCUT2D eigenvalue weighted by atomic mass is 32.2. The third kappa shape index (κ3) is 3.62. The summed E-state index contributed by atoms with van der Waals surface area (Å²) in [6, 6.07) is 12.3. The van der Waals surface area contributed by atoms with Crippen molar-refractivity contribution >= 4 is 28.5 Å². The highest BCUT2D eigenvalue weighted by Crippen LogP contribution is 2.26. The normalized spacial score (nSPS) is 10.8. The van der Waals surface area contributed by atoms with E-state index < -0.39 is 4.92 Å². The maximum Gasteiger partial charge on any atom is 0.269 e. The Balaban J connectivity index is 1.70. The van der Waals surface area contributed by atoms with E-state index in [0.29, 0.717) is 12.4 Å². The number of thioether (sulfide) groups is 1. The van der Waals surface area contributed by atoms with E-state index in [2.05, 4.69) is 9.97 Å². The van der Waals surface area contributed by atoms with Crippen molar-refractivity contribution < 1.29 is 9.66 Å². The molecule has 1 heterocycles. The predicted octanol–water partition coefficient (Wildman–Crippen LogP) is 4.16. The number of nitro groups is 1. The number of hydrogen-bond acceptors (Lipinski definition) is 5. The van der Waals surface area contributed by atoms with Crippen LogP contribution in [-0.2, 0) is 5.75 Å². The summed E-state index contributed by atoms with van der Waals surface area (Å²) in [7, 11) is 0. The summed E-state index contributed by atoms with van der Waals surface area (Å²) in [6.07, 6.45) is 0. The first kappa shape index (κ1) is 15.4. The fourth-order valence-corrected chi connectivity index (χ4v) is 3.00. The van der Waals surface area contributed by atoms with E-state index in [1.165, 1.54) is 12.1 Å². The first-order chi connectivity index (χ1) is 11.2. The molecule has 0 saturated carbocycles. The Morgan fingerprint density at radius 3 is 2.74 bits per heavy atom. The van der Waals surface area contributed by atoms with Crippen molar-refractivity contribution in [1.82, 2.24) is 9.97 Å². The fraction of sp³-hybridized carbons (Fsp3) is 0.188. The van der Waals surface area contributed by atoms with Crippen LogP contribution in [0.15, 0.2) is 47.6 Å². The second kappa shape index (κ2) is 6.70. The number of H-pyrrole nitrogens is 1. The Hall–Kier alpha value is -2.54. The second-order valence-corrected chi connectivity index (χ2v) is 5.83. The zero-order valence-corrected chi connectivity index (χ0v) is 13.3. The summed E-state index contributed by atoms with van der Waals surface area (Å²) in [6.45, 7) is 2.57. The lowest BCUT2D eigenvalue weighted by molar-refractivity contribution is -0.384. The lowest BCUT2D eigenvalue weighted by atomic mass is 10.2. The molecular weight excluding hydrogens is 314 g/mol. The van der Waals surface area contributed by atoms with E-state index in [1.54, 1.807) is 23.9 Å². The van der Waals surface area contributed by atoms with Gasteiger partial charge in [-0.15, -0.1) is 0 Å². The van der Waals surface area contributed by atoms with Gasteiger partial charge in [0.1, 0.15) is 5.75 Å². The molecule has 7 heteroatoms. The Morgan fingerprint density at radius 1 is 1.26 bits per heavy atom. The average Bonchev–Trinajstić information content (AvgIpc) is 2.96. The molecule has 0 aliphatic rings. The zero-order chi connectivity index (χ0) is 16.2. The smallest absolute Gasteiger partial charge is 0.269 e. The lowest BCUT2D eigenvalue weighted by Gasteiger charge is -2.00. The van der Waals surface area contributed by atoms with Gasteiger partial charge in [0.15, 0.2) is 5.16 Å². The summed E-state index contributed by atoms with van der Waals surface area (Å²) in [5.74, 6) is 1.51. The summed E-state index contributed by atoms with van der Waals surface area (Å²) in [5, 5.41) is 11.5. The van der Waals surface area contributed by atoms with Gasteiger partial charge in [-0.1, -0.05) is 23.9 Å². The molecule has 3 aromatic rings. The van der Waals surface area contributed by atoms with Gasteiger partial charge in [0.2, 0.25) is 0 Å². The van der Waals surface area contributed by atoms with Crippen LogP contribution in [0.5, 0.6) is 5.75 Å². The first-order valence-corrected chi connectivity index (χ1v) is 8.13. The first-order valence-electron chi connectivity index (χ1n) is 7.14. The van der Waals surface area contributed by atoms with Crippen molar-refractivity contribution in [2.24, 2.45) is 0 Å². The van der Waals surface area contributed by atoms with Crippen LogP contribution in [-0.4, -0.2) is 21.5 Å². The van der Waals surface area contributed by atoms with Crippen LogP contribution in [0.4, 0.5) is 5.69 Å². The number of nitrogens with one attached hydrogen (secondary N) is 1. The summed E-state index contributed by atoms with van der Waals surface area (Å²) < 4.78 is 5.47. The molecule has 0 fully saturated rings. The minimum Gasteiger partial charge on any atom is -0.494 e. The van der Waals surface area contributed by atoms with Crippen molar-refractivity contribution in [3.63, 3.8) is 0 Å². The summed E-state index contributed by atoms with van der Waals surface area (Å²) >= 11 is 1.56. The lowest BCUT2D eigenvalue weighted by Crippen LogP contribution is -1.90. The van der Waals surface area contributed by atoms with E-state index in [4.69, 9.17) is 4.74 Å². The van der Waals surface area contributed by atoms with Crippen molar-refractivity contribution in [3.05, 3.63) is 58.1 Å². The van der Waals surface area contributed by atoms with E-state index in [9.17, 15) is 10.1 Å². The van der Waals surface area contributed by atoms with Crippen LogP contribution in [0.25, 0.3) is 11.0 Å². The topological polar surface area (TPSA) is 81.1 Å². The quantitative estimate of drug-likeness (QED) is 0.417. The molecule has 0 amide bonds. The number of ether oxygens (including phenoxy) is 1. The molecule has 1 aromatic heterocycles. The molecule has 0 atom stereocenters. The molecule has 118 valence electrons. The number of fused-ring (bicyclic) bond motifs is 1. The molecule has 6 nitrogen and oxygen atoms in total. The number of nitro benzene ring substituents is 1. The Bertz CT molecular complexity index is 830.